The fourth-order valence-electron chi connectivity index (χ4n) is 2.13. The second-order valence-electron chi connectivity index (χ2n) is 4.80. The molecule has 0 aliphatic carbocycles. The highest BCUT2D eigenvalue weighted by Crippen LogP contribution is 2.20. The molecule has 0 amide bonds. The van der Waals surface area contributed by atoms with Crippen LogP contribution in [0, 0.1) is 0 Å². The standard InChI is InChI=1S/C16H20ClNOS/c1-2-18(12-15-4-3-11-20-15)10-9-16(19)13-5-7-14(17)8-6-13/h3-8,11,16,19H,2,9-10,12H2,1H3. The van der Waals surface area contributed by atoms with Gasteiger partial charge in [-0.1, -0.05) is 36.7 Å². The summed E-state index contributed by atoms with van der Waals surface area (Å²) >= 11 is 7.64. The average Bonchev–Trinajstić information content (AvgIpc) is 2.96. The van der Waals surface area contributed by atoms with Crippen molar-refractivity contribution in [3.05, 3.63) is 57.2 Å². The van der Waals surface area contributed by atoms with Gasteiger partial charge in [0.25, 0.3) is 0 Å². The third kappa shape index (κ3) is 4.60. The lowest BCUT2D eigenvalue weighted by Crippen LogP contribution is -2.24. The molecular weight excluding hydrogens is 290 g/mol. The van der Waals surface area contributed by atoms with Gasteiger partial charge in [0.15, 0.2) is 0 Å². The molecule has 0 spiro atoms. The number of aliphatic hydroxyl groups excluding tert-OH is 1. The Bertz CT molecular complexity index is 498. The maximum Gasteiger partial charge on any atom is 0.0802 e. The molecule has 0 bridgehead atoms. The van der Waals surface area contributed by atoms with Crippen LogP contribution < -0.4 is 0 Å². The predicted octanol–water partition coefficient (Wildman–Crippen LogP) is 4.35. The van der Waals surface area contributed by atoms with Gasteiger partial charge in [0.1, 0.15) is 0 Å². The molecule has 0 saturated carbocycles. The molecule has 2 nitrogen and oxygen atoms in total. The van der Waals surface area contributed by atoms with E-state index in [1.54, 1.807) is 11.3 Å². The van der Waals surface area contributed by atoms with Crippen molar-refractivity contribution in [2.45, 2.75) is 26.0 Å². The minimum atomic E-state index is -0.426. The number of hydrogen-bond donors (Lipinski definition) is 1. The van der Waals surface area contributed by atoms with Crippen LogP contribution in [0.15, 0.2) is 41.8 Å². The Kier molecular flexibility index (Phi) is 6.05. The van der Waals surface area contributed by atoms with Crippen molar-refractivity contribution in [3.8, 4) is 0 Å². The quantitative estimate of drug-likeness (QED) is 0.822. The Hall–Kier alpha value is -0.870. The van der Waals surface area contributed by atoms with Gasteiger partial charge in [0.05, 0.1) is 6.10 Å². The van der Waals surface area contributed by atoms with Gasteiger partial charge in [-0.3, -0.25) is 4.90 Å². The van der Waals surface area contributed by atoms with Gasteiger partial charge in [-0.05, 0) is 42.1 Å². The van der Waals surface area contributed by atoms with Crippen LogP contribution in [0.5, 0.6) is 0 Å². The van der Waals surface area contributed by atoms with Gasteiger partial charge in [-0.15, -0.1) is 11.3 Å². The number of aliphatic hydroxyl groups is 1. The van der Waals surface area contributed by atoms with Gasteiger partial charge >= 0.3 is 0 Å². The molecule has 1 aromatic carbocycles. The van der Waals surface area contributed by atoms with Crippen LogP contribution in [-0.2, 0) is 6.54 Å². The fraction of sp³-hybridized carbons (Fsp3) is 0.375. The van der Waals surface area contributed by atoms with E-state index in [1.807, 2.05) is 24.3 Å². The first kappa shape index (κ1) is 15.5. The van der Waals surface area contributed by atoms with Crippen LogP contribution in [-0.4, -0.2) is 23.1 Å². The first-order chi connectivity index (χ1) is 9.69. The molecule has 1 atom stereocenters. The summed E-state index contributed by atoms with van der Waals surface area (Å²) in [5, 5.41) is 13.0. The highest BCUT2D eigenvalue weighted by molar-refractivity contribution is 7.09. The SMILES string of the molecule is CCN(CCC(O)c1ccc(Cl)cc1)Cc1cccs1. The topological polar surface area (TPSA) is 23.5 Å². The first-order valence-corrected chi connectivity index (χ1v) is 8.13. The molecular formula is C16H20ClNOS. The number of nitrogens with zero attached hydrogens (tertiary/aromatic N) is 1. The fourth-order valence-corrected chi connectivity index (χ4v) is 3.00. The van der Waals surface area contributed by atoms with Crippen molar-refractivity contribution in [1.82, 2.24) is 4.90 Å². The lowest BCUT2D eigenvalue weighted by atomic mass is 10.1. The molecule has 0 radical (unpaired) electrons. The Balaban J connectivity index is 1.84. The minimum Gasteiger partial charge on any atom is -0.388 e. The summed E-state index contributed by atoms with van der Waals surface area (Å²) in [6.07, 6.45) is 0.311. The maximum atomic E-state index is 10.2. The molecule has 1 unspecified atom stereocenters. The van der Waals surface area contributed by atoms with Crippen LogP contribution in [0.2, 0.25) is 5.02 Å². The Morgan fingerprint density at radius 3 is 2.60 bits per heavy atom. The molecule has 1 N–H and O–H groups in total. The van der Waals surface area contributed by atoms with Crippen molar-refractivity contribution < 1.29 is 5.11 Å². The second kappa shape index (κ2) is 7.79. The van der Waals surface area contributed by atoms with Crippen LogP contribution in [0.3, 0.4) is 0 Å². The van der Waals surface area contributed by atoms with E-state index in [-0.39, 0.29) is 0 Å². The van der Waals surface area contributed by atoms with Gasteiger partial charge < -0.3 is 5.11 Å². The molecule has 0 fully saturated rings. The highest BCUT2D eigenvalue weighted by atomic mass is 35.5. The zero-order valence-electron chi connectivity index (χ0n) is 11.6. The predicted molar refractivity (Wildman–Crippen MR) is 86.3 cm³/mol. The summed E-state index contributed by atoms with van der Waals surface area (Å²) < 4.78 is 0. The third-order valence-electron chi connectivity index (χ3n) is 3.38. The molecule has 0 saturated heterocycles. The normalized spacial score (nSPS) is 12.8. The monoisotopic (exact) mass is 309 g/mol. The highest BCUT2D eigenvalue weighted by Gasteiger charge is 2.11. The number of thiophene rings is 1. The van der Waals surface area contributed by atoms with E-state index >= 15 is 0 Å². The summed E-state index contributed by atoms with van der Waals surface area (Å²) in [5.74, 6) is 0. The van der Waals surface area contributed by atoms with Gasteiger partial charge in [0, 0.05) is 23.0 Å². The van der Waals surface area contributed by atoms with E-state index < -0.39 is 6.10 Å². The van der Waals surface area contributed by atoms with E-state index in [0.717, 1.165) is 31.6 Å². The van der Waals surface area contributed by atoms with Crippen LogP contribution in [0.1, 0.15) is 29.9 Å². The van der Waals surface area contributed by atoms with Gasteiger partial charge in [-0.2, -0.15) is 0 Å². The largest absolute Gasteiger partial charge is 0.388 e. The summed E-state index contributed by atoms with van der Waals surface area (Å²) in [4.78, 5) is 3.72. The van der Waals surface area contributed by atoms with E-state index in [2.05, 4.69) is 29.3 Å². The lowest BCUT2D eigenvalue weighted by molar-refractivity contribution is 0.142. The summed E-state index contributed by atoms with van der Waals surface area (Å²) in [6.45, 7) is 4.99. The number of rotatable bonds is 7. The van der Waals surface area contributed by atoms with E-state index in [4.69, 9.17) is 11.6 Å². The number of hydrogen-bond acceptors (Lipinski definition) is 3. The molecule has 20 heavy (non-hydrogen) atoms. The number of benzene rings is 1. The molecule has 0 aliphatic heterocycles. The van der Waals surface area contributed by atoms with E-state index in [1.165, 1.54) is 4.88 Å². The minimum absolute atomic E-state index is 0.426. The summed E-state index contributed by atoms with van der Waals surface area (Å²) in [6, 6.07) is 11.7. The molecule has 1 aromatic heterocycles. The Morgan fingerprint density at radius 1 is 1.25 bits per heavy atom. The average molecular weight is 310 g/mol. The Morgan fingerprint density at radius 2 is 2.00 bits per heavy atom. The van der Waals surface area contributed by atoms with Crippen LogP contribution in [0.4, 0.5) is 0 Å². The summed E-state index contributed by atoms with van der Waals surface area (Å²) in [7, 11) is 0. The van der Waals surface area contributed by atoms with Gasteiger partial charge in [0.2, 0.25) is 0 Å². The van der Waals surface area contributed by atoms with Crippen LogP contribution in [0.25, 0.3) is 0 Å². The van der Waals surface area contributed by atoms with Crippen molar-refractivity contribution in [2.75, 3.05) is 13.1 Å². The molecule has 2 aromatic rings. The zero-order valence-corrected chi connectivity index (χ0v) is 13.2. The molecule has 0 aliphatic rings. The first-order valence-electron chi connectivity index (χ1n) is 6.87. The van der Waals surface area contributed by atoms with Crippen molar-refractivity contribution >= 4 is 22.9 Å². The molecule has 2 rings (SSSR count). The van der Waals surface area contributed by atoms with Crippen molar-refractivity contribution in [1.29, 1.82) is 0 Å². The van der Waals surface area contributed by atoms with Gasteiger partial charge in [-0.25, -0.2) is 0 Å². The smallest absolute Gasteiger partial charge is 0.0802 e. The summed E-state index contributed by atoms with van der Waals surface area (Å²) in [5.41, 5.74) is 0.932. The molecule has 108 valence electrons. The van der Waals surface area contributed by atoms with Crippen molar-refractivity contribution in [3.63, 3.8) is 0 Å². The van der Waals surface area contributed by atoms with Crippen molar-refractivity contribution in [2.24, 2.45) is 0 Å². The molecule has 1 heterocycles. The van der Waals surface area contributed by atoms with E-state index in [0.29, 0.717) is 5.02 Å². The lowest BCUT2D eigenvalue weighted by Gasteiger charge is -2.21. The van der Waals surface area contributed by atoms with E-state index in [9.17, 15) is 5.11 Å². The zero-order chi connectivity index (χ0) is 14.4. The number of halogens is 1. The maximum absolute atomic E-state index is 10.2. The molecule has 4 heteroatoms. The van der Waals surface area contributed by atoms with Crippen LogP contribution >= 0.6 is 22.9 Å². The Labute approximate surface area is 129 Å². The third-order valence-corrected chi connectivity index (χ3v) is 4.49. The second-order valence-corrected chi connectivity index (χ2v) is 6.27.